The predicted molar refractivity (Wildman–Crippen MR) is 63.7 cm³/mol. The van der Waals surface area contributed by atoms with E-state index in [2.05, 4.69) is 5.32 Å². The molecule has 0 aromatic heterocycles. The number of nitrogens with one attached hydrogen (secondary N) is 1. The third kappa shape index (κ3) is 1.67. The highest BCUT2D eigenvalue weighted by Crippen LogP contribution is 2.27. The summed E-state index contributed by atoms with van der Waals surface area (Å²) in [5.74, 6) is -0.172. The first-order valence-corrected chi connectivity index (χ1v) is 5.97. The molecule has 3 amide bonds. The van der Waals surface area contributed by atoms with Gasteiger partial charge in [0.25, 0.3) is 5.91 Å². The van der Waals surface area contributed by atoms with Gasteiger partial charge in [0.2, 0.25) is 0 Å². The molecule has 0 radical (unpaired) electrons. The van der Waals surface area contributed by atoms with Gasteiger partial charge in [-0.25, -0.2) is 4.79 Å². The molecule has 2 aliphatic rings. The molecular weight excluding hydrogens is 232 g/mol. The fourth-order valence-electron chi connectivity index (χ4n) is 2.42. The number of hydrogen-bond acceptors (Lipinski definition) is 3. The zero-order chi connectivity index (χ0) is 12.6. The fraction of sp³-hybridized carbons (Fsp3) is 0.385. The molecule has 3 rings (SSSR count). The maximum atomic E-state index is 12.3. The summed E-state index contributed by atoms with van der Waals surface area (Å²) in [5.41, 5.74) is 0.128. The lowest BCUT2D eigenvalue weighted by Crippen LogP contribution is -2.47. The van der Waals surface area contributed by atoms with E-state index in [1.54, 1.807) is 0 Å². The number of urea groups is 1. The van der Waals surface area contributed by atoms with E-state index in [0.717, 1.165) is 5.56 Å². The molecule has 1 spiro atoms. The molecule has 2 saturated heterocycles. The molecule has 1 N–H and O–H groups in total. The highest BCUT2D eigenvalue weighted by atomic mass is 16.5. The maximum absolute atomic E-state index is 12.3. The molecule has 2 aliphatic heterocycles. The summed E-state index contributed by atoms with van der Waals surface area (Å²) in [6.45, 7) is 1.11. The van der Waals surface area contributed by atoms with Crippen molar-refractivity contribution in [1.82, 2.24) is 10.2 Å². The number of imide groups is 1. The van der Waals surface area contributed by atoms with E-state index in [1.165, 1.54) is 4.90 Å². The number of ether oxygens (including phenoxy) is 1. The van der Waals surface area contributed by atoms with Gasteiger partial charge in [0, 0.05) is 13.0 Å². The zero-order valence-corrected chi connectivity index (χ0v) is 9.89. The Balaban J connectivity index is 1.81. The molecule has 0 bridgehead atoms. The quantitative estimate of drug-likeness (QED) is 0.789. The smallest absolute Gasteiger partial charge is 0.325 e. The molecular formula is C13H14N2O3. The van der Waals surface area contributed by atoms with Gasteiger partial charge in [0.05, 0.1) is 13.2 Å². The standard InChI is InChI=1S/C13H14N2O3/c16-11-13(6-7-18-9-13)14-12(17)15(11)8-10-4-2-1-3-5-10/h1-5H,6-9H2,(H,14,17)/t13-/m0/s1. The van der Waals surface area contributed by atoms with Gasteiger partial charge in [0.15, 0.2) is 0 Å². The normalized spacial score (nSPS) is 27.0. The van der Waals surface area contributed by atoms with E-state index >= 15 is 0 Å². The van der Waals surface area contributed by atoms with E-state index in [4.69, 9.17) is 4.74 Å². The molecule has 0 unspecified atom stereocenters. The lowest BCUT2D eigenvalue weighted by Gasteiger charge is -2.18. The van der Waals surface area contributed by atoms with Crippen LogP contribution >= 0.6 is 0 Å². The summed E-state index contributed by atoms with van der Waals surface area (Å²) in [4.78, 5) is 25.5. The summed E-state index contributed by atoms with van der Waals surface area (Å²) in [5, 5.41) is 2.76. The molecule has 1 aromatic carbocycles. The minimum atomic E-state index is -0.814. The minimum absolute atomic E-state index is 0.172. The molecule has 94 valence electrons. The molecule has 2 fully saturated rings. The molecule has 5 nitrogen and oxygen atoms in total. The molecule has 0 aliphatic carbocycles. The third-order valence-corrected chi connectivity index (χ3v) is 3.45. The van der Waals surface area contributed by atoms with Crippen molar-refractivity contribution in [3.05, 3.63) is 35.9 Å². The molecule has 0 saturated carbocycles. The van der Waals surface area contributed by atoms with Crippen LogP contribution in [0.5, 0.6) is 0 Å². The number of amides is 3. The van der Waals surface area contributed by atoms with Crippen LogP contribution in [-0.2, 0) is 16.1 Å². The van der Waals surface area contributed by atoms with E-state index < -0.39 is 5.54 Å². The van der Waals surface area contributed by atoms with Gasteiger partial charge in [-0.1, -0.05) is 30.3 Å². The second-order valence-corrected chi connectivity index (χ2v) is 4.69. The largest absolute Gasteiger partial charge is 0.378 e. The van der Waals surface area contributed by atoms with Gasteiger partial charge < -0.3 is 10.1 Å². The van der Waals surface area contributed by atoms with Gasteiger partial charge in [-0.05, 0) is 5.56 Å². The Bertz CT molecular complexity index is 480. The second kappa shape index (κ2) is 4.10. The molecule has 5 heteroatoms. The Morgan fingerprint density at radius 2 is 2.06 bits per heavy atom. The predicted octanol–water partition coefficient (Wildman–Crippen LogP) is 0.897. The Morgan fingerprint density at radius 1 is 1.28 bits per heavy atom. The lowest BCUT2D eigenvalue weighted by atomic mass is 9.99. The molecule has 2 heterocycles. The average Bonchev–Trinajstić information content (AvgIpc) is 2.93. The molecule has 1 atom stereocenters. The van der Waals surface area contributed by atoms with Crippen LogP contribution < -0.4 is 5.32 Å². The third-order valence-electron chi connectivity index (χ3n) is 3.45. The van der Waals surface area contributed by atoms with E-state index in [1.807, 2.05) is 30.3 Å². The first-order chi connectivity index (χ1) is 8.71. The topological polar surface area (TPSA) is 58.6 Å². The summed E-state index contributed by atoms with van der Waals surface area (Å²) in [6.07, 6.45) is 0.558. The molecule has 1 aromatic rings. The van der Waals surface area contributed by atoms with Gasteiger partial charge in [-0.15, -0.1) is 0 Å². The van der Waals surface area contributed by atoms with Gasteiger partial charge in [-0.2, -0.15) is 0 Å². The lowest BCUT2D eigenvalue weighted by molar-refractivity contribution is -0.131. The average molecular weight is 246 g/mol. The number of hydrogen-bond donors (Lipinski definition) is 1. The van der Waals surface area contributed by atoms with Crippen LogP contribution in [-0.4, -0.2) is 35.6 Å². The van der Waals surface area contributed by atoms with E-state index in [0.29, 0.717) is 19.6 Å². The first-order valence-electron chi connectivity index (χ1n) is 5.97. The van der Waals surface area contributed by atoms with Crippen molar-refractivity contribution in [2.45, 2.75) is 18.5 Å². The maximum Gasteiger partial charge on any atom is 0.325 e. The highest BCUT2D eigenvalue weighted by Gasteiger charge is 2.53. The Kier molecular flexibility index (Phi) is 2.56. The van der Waals surface area contributed by atoms with Crippen LogP contribution in [0.2, 0.25) is 0 Å². The Hall–Kier alpha value is -1.88. The summed E-state index contributed by atoms with van der Waals surface area (Å²) >= 11 is 0. The van der Waals surface area contributed by atoms with Crippen molar-refractivity contribution in [2.75, 3.05) is 13.2 Å². The van der Waals surface area contributed by atoms with Crippen LogP contribution in [0.15, 0.2) is 30.3 Å². The van der Waals surface area contributed by atoms with Crippen LogP contribution in [0.4, 0.5) is 4.79 Å². The first kappa shape index (κ1) is 11.2. The van der Waals surface area contributed by atoms with Crippen LogP contribution in [0.25, 0.3) is 0 Å². The van der Waals surface area contributed by atoms with Crippen molar-refractivity contribution >= 4 is 11.9 Å². The Labute approximate surface area is 105 Å². The number of rotatable bonds is 2. The van der Waals surface area contributed by atoms with Crippen molar-refractivity contribution in [2.24, 2.45) is 0 Å². The van der Waals surface area contributed by atoms with Crippen LogP contribution in [0.1, 0.15) is 12.0 Å². The summed E-state index contributed by atoms with van der Waals surface area (Å²) in [6, 6.07) is 9.16. The van der Waals surface area contributed by atoms with Crippen molar-refractivity contribution in [3.63, 3.8) is 0 Å². The number of carbonyl (C=O) groups is 2. The monoisotopic (exact) mass is 246 g/mol. The second-order valence-electron chi connectivity index (χ2n) is 4.69. The van der Waals surface area contributed by atoms with E-state index in [9.17, 15) is 9.59 Å². The van der Waals surface area contributed by atoms with Crippen molar-refractivity contribution < 1.29 is 14.3 Å². The number of benzene rings is 1. The van der Waals surface area contributed by atoms with Crippen molar-refractivity contribution in [3.8, 4) is 0 Å². The number of nitrogens with zero attached hydrogens (tertiary/aromatic N) is 1. The fourth-order valence-corrected chi connectivity index (χ4v) is 2.42. The molecule has 18 heavy (non-hydrogen) atoms. The summed E-state index contributed by atoms with van der Waals surface area (Å²) < 4.78 is 5.24. The van der Waals surface area contributed by atoms with Crippen LogP contribution in [0, 0.1) is 0 Å². The van der Waals surface area contributed by atoms with Crippen molar-refractivity contribution in [1.29, 1.82) is 0 Å². The SMILES string of the molecule is O=C1N[C@]2(CCOC2)C(=O)N1Cc1ccccc1. The van der Waals surface area contributed by atoms with Gasteiger partial charge in [-0.3, -0.25) is 9.69 Å². The number of carbonyl (C=O) groups excluding carboxylic acids is 2. The summed E-state index contributed by atoms with van der Waals surface area (Å²) in [7, 11) is 0. The minimum Gasteiger partial charge on any atom is -0.378 e. The van der Waals surface area contributed by atoms with E-state index in [-0.39, 0.29) is 18.5 Å². The highest BCUT2D eigenvalue weighted by molar-refractivity contribution is 6.07. The van der Waals surface area contributed by atoms with Gasteiger partial charge in [0.1, 0.15) is 5.54 Å². The zero-order valence-electron chi connectivity index (χ0n) is 9.89. The van der Waals surface area contributed by atoms with Crippen LogP contribution in [0.3, 0.4) is 0 Å². The van der Waals surface area contributed by atoms with Gasteiger partial charge >= 0.3 is 6.03 Å². The Morgan fingerprint density at radius 3 is 2.72 bits per heavy atom.